The van der Waals surface area contributed by atoms with E-state index in [1.165, 1.54) is 37.8 Å². The minimum absolute atomic E-state index is 0.156. The molecule has 1 N–H and O–H groups in total. The molecule has 1 saturated carbocycles. The van der Waals surface area contributed by atoms with Crippen LogP contribution < -0.4 is 10.2 Å². The van der Waals surface area contributed by atoms with Crippen LogP contribution in [0.5, 0.6) is 0 Å². The largest absolute Gasteiger partial charge is 0.368 e. The Morgan fingerprint density at radius 3 is 2.29 bits per heavy atom. The fourth-order valence-electron chi connectivity index (χ4n) is 4.54. The van der Waals surface area contributed by atoms with Crippen molar-refractivity contribution in [1.29, 1.82) is 0 Å². The zero-order chi connectivity index (χ0) is 19.9. The standard InChI is InChI=1S/C23H35N3O2/c1-18(21-6-4-3-5-7-21)16-23(28)24-17-20-8-10-22(11-9-20)26-14-12-25(13-15-26)19(2)27/h8-11,18,21H,3-7,12-17H2,1-2H3,(H,24,28). The van der Waals surface area contributed by atoms with Crippen LogP contribution >= 0.6 is 0 Å². The lowest BCUT2D eigenvalue weighted by Crippen LogP contribution is -2.48. The van der Waals surface area contributed by atoms with Crippen LogP contribution in [0.2, 0.25) is 0 Å². The lowest BCUT2D eigenvalue weighted by Gasteiger charge is -2.35. The van der Waals surface area contributed by atoms with Gasteiger partial charge in [0.1, 0.15) is 0 Å². The molecule has 1 unspecified atom stereocenters. The number of amides is 2. The third-order valence-corrected chi connectivity index (χ3v) is 6.48. The number of rotatable bonds is 6. The highest BCUT2D eigenvalue weighted by Crippen LogP contribution is 2.31. The molecule has 5 heteroatoms. The van der Waals surface area contributed by atoms with Crippen molar-refractivity contribution in [2.75, 3.05) is 31.1 Å². The summed E-state index contributed by atoms with van der Waals surface area (Å²) in [5, 5.41) is 3.09. The van der Waals surface area contributed by atoms with Gasteiger partial charge in [-0.2, -0.15) is 0 Å². The van der Waals surface area contributed by atoms with Gasteiger partial charge in [-0.1, -0.05) is 51.2 Å². The summed E-state index contributed by atoms with van der Waals surface area (Å²) in [6, 6.07) is 8.43. The Morgan fingerprint density at radius 2 is 1.68 bits per heavy atom. The quantitative estimate of drug-likeness (QED) is 0.814. The summed E-state index contributed by atoms with van der Waals surface area (Å²) in [4.78, 5) is 28.0. The summed E-state index contributed by atoms with van der Waals surface area (Å²) < 4.78 is 0. The maximum atomic E-state index is 12.3. The fourth-order valence-corrected chi connectivity index (χ4v) is 4.54. The van der Waals surface area contributed by atoms with Crippen LogP contribution in [0.1, 0.15) is 57.9 Å². The van der Waals surface area contributed by atoms with Crippen molar-refractivity contribution in [2.24, 2.45) is 11.8 Å². The lowest BCUT2D eigenvalue weighted by molar-refractivity contribution is -0.129. The van der Waals surface area contributed by atoms with Crippen molar-refractivity contribution in [1.82, 2.24) is 10.2 Å². The number of anilines is 1. The summed E-state index contributed by atoms with van der Waals surface area (Å²) in [7, 11) is 0. The Kier molecular flexibility index (Phi) is 7.35. The summed E-state index contributed by atoms with van der Waals surface area (Å²) in [6.45, 7) is 7.77. The van der Waals surface area contributed by atoms with Gasteiger partial charge >= 0.3 is 0 Å². The average Bonchev–Trinajstić information content (AvgIpc) is 2.73. The average molecular weight is 386 g/mol. The van der Waals surface area contributed by atoms with Crippen LogP contribution in [0.3, 0.4) is 0 Å². The van der Waals surface area contributed by atoms with Crippen molar-refractivity contribution in [3.63, 3.8) is 0 Å². The van der Waals surface area contributed by atoms with E-state index in [2.05, 4.69) is 41.4 Å². The Hall–Kier alpha value is -2.04. The molecule has 1 aromatic rings. The molecule has 1 aliphatic carbocycles. The number of carbonyl (C=O) groups is 2. The molecule has 1 aromatic carbocycles. The Labute approximate surface area is 169 Å². The van der Waals surface area contributed by atoms with E-state index >= 15 is 0 Å². The van der Waals surface area contributed by atoms with Crippen molar-refractivity contribution in [3.8, 4) is 0 Å². The zero-order valence-corrected chi connectivity index (χ0v) is 17.5. The van der Waals surface area contributed by atoms with Crippen LogP contribution in [-0.2, 0) is 16.1 Å². The molecule has 2 amide bonds. The van der Waals surface area contributed by atoms with Crippen molar-refractivity contribution in [2.45, 2.75) is 58.9 Å². The first-order valence-electron chi connectivity index (χ1n) is 10.9. The highest BCUT2D eigenvalue weighted by molar-refractivity contribution is 5.76. The number of nitrogens with zero attached hydrogens (tertiary/aromatic N) is 2. The second-order valence-electron chi connectivity index (χ2n) is 8.52. The van der Waals surface area contributed by atoms with E-state index in [9.17, 15) is 9.59 Å². The molecule has 5 nitrogen and oxygen atoms in total. The van der Waals surface area contributed by atoms with Crippen LogP contribution in [-0.4, -0.2) is 42.9 Å². The summed E-state index contributed by atoms with van der Waals surface area (Å²) in [6.07, 6.45) is 7.23. The molecule has 154 valence electrons. The lowest BCUT2D eigenvalue weighted by atomic mass is 9.79. The smallest absolute Gasteiger partial charge is 0.220 e. The SMILES string of the molecule is CC(=O)N1CCN(c2ccc(CNC(=O)CC(C)C3CCCCC3)cc2)CC1. The number of carbonyl (C=O) groups excluding carboxylic acids is 2. The molecule has 28 heavy (non-hydrogen) atoms. The topological polar surface area (TPSA) is 52.7 Å². The Bertz CT molecular complexity index is 644. The molecule has 0 radical (unpaired) electrons. The first-order valence-corrected chi connectivity index (χ1v) is 10.9. The van der Waals surface area contributed by atoms with E-state index in [1.807, 2.05) is 4.90 Å². The van der Waals surface area contributed by atoms with E-state index in [-0.39, 0.29) is 11.8 Å². The summed E-state index contributed by atoms with van der Waals surface area (Å²) in [5.74, 6) is 1.53. The molecule has 1 atom stereocenters. The van der Waals surface area contributed by atoms with Gasteiger partial charge in [0, 0.05) is 51.8 Å². The first kappa shape index (κ1) is 20.7. The summed E-state index contributed by atoms with van der Waals surface area (Å²) >= 11 is 0. The van der Waals surface area contributed by atoms with Gasteiger partial charge in [0.15, 0.2) is 0 Å². The highest BCUT2D eigenvalue weighted by Gasteiger charge is 2.22. The third kappa shape index (κ3) is 5.73. The number of piperazine rings is 1. The van der Waals surface area contributed by atoms with Crippen LogP contribution in [0.4, 0.5) is 5.69 Å². The minimum atomic E-state index is 0.156. The van der Waals surface area contributed by atoms with Crippen molar-refractivity contribution in [3.05, 3.63) is 29.8 Å². The predicted molar refractivity (Wildman–Crippen MR) is 113 cm³/mol. The van der Waals surface area contributed by atoms with E-state index < -0.39 is 0 Å². The maximum Gasteiger partial charge on any atom is 0.220 e. The van der Waals surface area contributed by atoms with Crippen molar-refractivity contribution >= 4 is 17.5 Å². The zero-order valence-electron chi connectivity index (χ0n) is 17.5. The van der Waals surface area contributed by atoms with Gasteiger partial charge < -0.3 is 15.1 Å². The molecule has 2 aliphatic rings. The molecule has 3 rings (SSSR count). The van der Waals surface area contributed by atoms with E-state index in [4.69, 9.17) is 0 Å². The van der Waals surface area contributed by atoms with Gasteiger partial charge in [-0.25, -0.2) is 0 Å². The van der Waals surface area contributed by atoms with Gasteiger partial charge in [0.05, 0.1) is 0 Å². The van der Waals surface area contributed by atoms with Crippen molar-refractivity contribution < 1.29 is 9.59 Å². The van der Waals surface area contributed by atoms with Crippen LogP contribution in [0.25, 0.3) is 0 Å². The molecule has 0 spiro atoms. The van der Waals surface area contributed by atoms with Gasteiger partial charge in [-0.15, -0.1) is 0 Å². The van der Waals surface area contributed by atoms with Gasteiger partial charge in [-0.3, -0.25) is 9.59 Å². The Morgan fingerprint density at radius 1 is 1.04 bits per heavy atom. The number of hydrogen-bond acceptors (Lipinski definition) is 3. The second-order valence-corrected chi connectivity index (χ2v) is 8.52. The van der Waals surface area contributed by atoms with E-state index in [1.54, 1.807) is 6.92 Å². The van der Waals surface area contributed by atoms with E-state index in [0.29, 0.717) is 18.9 Å². The molecule has 2 fully saturated rings. The van der Waals surface area contributed by atoms with E-state index in [0.717, 1.165) is 37.7 Å². The molecular weight excluding hydrogens is 350 g/mol. The number of nitrogens with one attached hydrogen (secondary N) is 1. The number of hydrogen-bond donors (Lipinski definition) is 1. The first-order chi connectivity index (χ1) is 13.5. The normalized spacial score (nSPS) is 19.4. The van der Waals surface area contributed by atoms with Crippen LogP contribution in [0, 0.1) is 11.8 Å². The minimum Gasteiger partial charge on any atom is -0.368 e. The Balaban J connectivity index is 1.41. The maximum absolute atomic E-state index is 12.3. The molecule has 1 saturated heterocycles. The molecule has 0 aromatic heterocycles. The fraction of sp³-hybridized carbons (Fsp3) is 0.652. The van der Waals surface area contributed by atoms with Gasteiger partial charge in [0.2, 0.25) is 11.8 Å². The molecular formula is C23H35N3O2. The third-order valence-electron chi connectivity index (χ3n) is 6.48. The molecule has 1 heterocycles. The van der Waals surface area contributed by atoms with Crippen LogP contribution in [0.15, 0.2) is 24.3 Å². The van der Waals surface area contributed by atoms with Gasteiger partial charge in [0.25, 0.3) is 0 Å². The monoisotopic (exact) mass is 385 g/mol. The second kappa shape index (κ2) is 9.94. The molecule has 1 aliphatic heterocycles. The highest BCUT2D eigenvalue weighted by atomic mass is 16.2. The number of benzene rings is 1. The predicted octanol–water partition coefficient (Wildman–Crippen LogP) is 3.58. The summed E-state index contributed by atoms with van der Waals surface area (Å²) in [5.41, 5.74) is 2.31. The molecule has 0 bridgehead atoms. The van der Waals surface area contributed by atoms with Gasteiger partial charge in [-0.05, 0) is 29.5 Å².